The van der Waals surface area contributed by atoms with Crippen LogP contribution < -0.4 is 0 Å². The van der Waals surface area contributed by atoms with Gasteiger partial charge in [-0.15, -0.1) is 0 Å². The van der Waals surface area contributed by atoms with Crippen LogP contribution in [-0.2, 0) is 11.3 Å². The molecule has 1 aliphatic heterocycles. The largest absolute Gasteiger partial charge is 0.478 e. The van der Waals surface area contributed by atoms with Gasteiger partial charge < -0.3 is 9.67 Å². The highest BCUT2D eigenvalue weighted by atomic mass is 79.9. The molecule has 162 valence electrons. The average Bonchev–Trinajstić information content (AvgIpc) is 3.19. The number of carbonyl (C=O) groups is 3. The van der Waals surface area contributed by atoms with Gasteiger partial charge in [-0.2, -0.15) is 0 Å². The maximum Gasteiger partial charge on any atom is 0.335 e. The fourth-order valence-electron chi connectivity index (χ4n) is 3.63. The number of carboxylic acids is 1. The van der Waals surface area contributed by atoms with Gasteiger partial charge in [-0.3, -0.25) is 14.5 Å². The fourth-order valence-corrected chi connectivity index (χ4v) is 4.73. The first kappa shape index (κ1) is 22.1. The summed E-state index contributed by atoms with van der Waals surface area (Å²) in [6, 6.07) is 16.1. The van der Waals surface area contributed by atoms with E-state index in [0.717, 1.165) is 44.4 Å². The first-order valence-corrected chi connectivity index (χ1v) is 11.4. The molecule has 2 aromatic carbocycles. The lowest BCUT2D eigenvalue weighted by atomic mass is 10.2. The second-order valence-electron chi connectivity index (χ2n) is 7.41. The molecule has 32 heavy (non-hydrogen) atoms. The zero-order valence-corrected chi connectivity index (χ0v) is 19.7. The zero-order chi connectivity index (χ0) is 23.0. The number of nitrogens with zero attached hydrogens (tertiary/aromatic N) is 2. The molecule has 4 rings (SSSR count). The maximum atomic E-state index is 12.9. The standard InChI is InChI=1S/C24H19BrN2O4S/c1-14-11-18(15(2)27(14)20-9-5-17(6-10-20)23(29)30)12-21-22(28)26(24(31)32-21)13-16-3-7-19(25)8-4-16/h3-12H,13H2,1-2H3,(H,29,30). The minimum atomic E-state index is -0.975. The molecular formula is C24H19BrN2O4S. The first-order valence-electron chi connectivity index (χ1n) is 9.77. The van der Waals surface area contributed by atoms with Crippen LogP contribution >= 0.6 is 27.7 Å². The number of hydrogen-bond donors (Lipinski definition) is 1. The van der Waals surface area contributed by atoms with Crippen molar-refractivity contribution in [3.8, 4) is 5.69 Å². The molecule has 0 spiro atoms. The van der Waals surface area contributed by atoms with Crippen molar-refractivity contribution < 1.29 is 19.5 Å². The van der Waals surface area contributed by atoms with E-state index in [2.05, 4.69) is 15.9 Å². The number of thioether (sulfide) groups is 1. The van der Waals surface area contributed by atoms with Crippen molar-refractivity contribution in [2.45, 2.75) is 20.4 Å². The van der Waals surface area contributed by atoms with Crippen molar-refractivity contribution in [2.75, 3.05) is 0 Å². The molecule has 1 aliphatic rings. The number of aromatic carboxylic acids is 1. The third-order valence-corrected chi connectivity index (χ3v) is 6.69. The monoisotopic (exact) mass is 510 g/mol. The molecule has 1 fully saturated rings. The summed E-state index contributed by atoms with van der Waals surface area (Å²) < 4.78 is 2.92. The van der Waals surface area contributed by atoms with Crippen LogP contribution in [0.1, 0.15) is 32.9 Å². The predicted octanol–water partition coefficient (Wildman–Crippen LogP) is 5.79. The van der Waals surface area contributed by atoms with Crippen molar-refractivity contribution in [1.82, 2.24) is 9.47 Å². The molecule has 1 saturated heterocycles. The van der Waals surface area contributed by atoms with E-state index in [1.54, 1.807) is 30.3 Å². The molecular weight excluding hydrogens is 492 g/mol. The number of halogens is 1. The quantitative estimate of drug-likeness (QED) is 0.439. The molecule has 0 bridgehead atoms. The lowest BCUT2D eigenvalue weighted by molar-refractivity contribution is -0.123. The normalized spacial score (nSPS) is 15.1. The van der Waals surface area contributed by atoms with Crippen molar-refractivity contribution in [2.24, 2.45) is 0 Å². The van der Waals surface area contributed by atoms with Crippen molar-refractivity contribution in [1.29, 1.82) is 0 Å². The number of imide groups is 1. The van der Waals surface area contributed by atoms with Crippen LogP contribution in [0.25, 0.3) is 11.8 Å². The molecule has 0 unspecified atom stereocenters. The fraction of sp³-hybridized carbons (Fsp3) is 0.125. The summed E-state index contributed by atoms with van der Waals surface area (Å²) >= 11 is 4.32. The van der Waals surface area contributed by atoms with E-state index in [0.29, 0.717) is 4.91 Å². The van der Waals surface area contributed by atoms with E-state index in [1.807, 2.05) is 48.7 Å². The van der Waals surface area contributed by atoms with Crippen LogP contribution in [0.5, 0.6) is 0 Å². The smallest absolute Gasteiger partial charge is 0.335 e. The van der Waals surface area contributed by atoms with E-state index in [1.165, 1.54) is 4.90 Å². The third kappa shape index (κ3) is 4.28. The Hall–Kier alpha value is -3.10. The van der Waals surface area contributed by atoms with Gasteiger partial charge in [0, 0.05) is 21.5 Å². The second-order valence-corrected chi connectivity index (χ2v) is 9.32. The lowest BCUT2D eigenvalue weighted by Crippen LogP contribution is -2.27. The van der Waals surface area contributed by atoms with Crippen molar-refractivity contribution >= 4 is 50.9 Å². The Kier molecular flexibility index (Phi) is 6.08. The van der Waals surface area contributed by atoms with Crippen LogP contribution in [0.4, 0.5) is 4.79 Å². The number of amides is 2. The molecule has 2 amide bonds. The first-order chi connectivity index (χ1) is 15.2. The molecule has 1 N–H and O–H groups in total. The second kappa shape index (κ2) is 8.80. The highest BCUT2D eigenvalue weighted by Gasteiger charge is 2.35. The predicted molar refractivity (Wildman–Crippen MR) is 128 cm³/mol. The molecule has 0 radical (unpaired) electrons. The van der Waals surface area contributed by atoms with E-state index in [4.69, 9.17) is 5.11 Å². The Morgan fingerprint density at radius 2 is 1.72 bits per heavy atom. The Morgan fingerprint density at radius 3 is 2.34 bits per heavy atom. The van der Waals surface area contributed by atoms with Gasteiger partial charge in [0.1, 0.15) is 0 Å². The van der Waals surface area contributed by atoms with E-state index < -0.39 is 5.97 Å². The minimum absolute atomic E-state index is 0.218. The molecule has 0 saturated carbocycles. The Balaban J connectivity index is 1.61. The van der Waals surface area contributed by atoms with Gasteiger partial charge in [0.15, 0.2) is 0 Å². The highest BCUT2D eigenvalue weighted by Crippen LogP contribution is 2.34. The number of carbonyl (C=O) groups excluding carboxylic acids is 2. The van der Waals surface area contributed by atoms with E-state index in [-0.39, 0.29) is 23.3 Å². The summed E-state index contributed by atoms with van der Waals surface area (Å²) in [5, 5.41) is 8.82. The number of benzene rings is 2. The van der Waals surface area contributed by atoms with E-state index >= 15 is 0 Å². The summed E-state index contributed by atoms with van der Waals surface area (Å²) in [6.45, 7) is 4.09. The molecule has 2 heterocycles. The molecule has 6 nitrogen and oxygen atoms in total. The maximum absolute atomic E-state index is 12.9. The highest BCUT2D eigenvalue weighted by molar-refractivity contribution is 9.10. The van der Waals surface area contributed by atoms with Crippen molar-refractivity contribution in [3.63, 3.8) is 0 Å². The topological polar surface area (TPSA) is 79.6 Å². The van der Waals surface area contributed by atoms with Gasteiger partial charge in [0.2, 0.25) is 0 Å². The van der Waals surface area contributed by atoms with Crippen LogP contribution in [0, 0.1) is 13.8 Å². The van der Waals surface area contributed by atoms with Gasteiger partial charge in [-0.05, 0) is 85.3 Å². The Bertz CT molecular complexity index is 1260. The average molecular weight is 511 g/mol. The van der Waals surface area contributed by atoms with Gasteiger partial charge in [-0.25, -0.2) is 4.79 Å². The zero-order valence-electron chi connectivity index (χ0n) is 17.3. The van der Waals surface area contributed by atoms with Gasteiger partial charge in [0.05, 0.1) is 17.0 Å². The molecule has 1 aromatic heterocycles. The summed E-state index contributed by atoms with van der Waals surface area (Å²) in [5.41, 5.74) is 4.58. The van der Waals surface area contributed by atoms with Gasteiger partial charge >= 0.3 is 5.97 Å². The summed E-state index contributed by atoms with van der Waals surface area (Å²) in [5.74, 6) is -1.28. The van der Waals surface area contributed by atoms with Gasteiger partial charge in [-0.1, -0.05) is 28.1 Å². The molecule has 0 atom stereocenters. The number of rotatable bonds is 5. The number of aromatic nitrogens is 1. The molecule has 0 aliphatic carbocycles. The van der Waals surface area contributed by atoms with Gasteiger partial charge in [0.25, 0.3) is 11.1 Å². The van der Waals surface area contributed by atoms with Crippen LogP contribution in [0.3, 0.4) is 0 Å². The molecule has 8 heteroatoms. The Labute approximate surface area is 197 Å². The number of aryl methyl sites for hydroxylation is 1. The number of carboxylic acid groups (broad SMARTS) is 1. The summed E-state index contributed by atoms with van der Waals surface area (Å²) in [6.07, 6.45) is 1.75. The van der Waals surface area contributed by atoms with E-state index in [9.17, 15) is 14.4 Å². The van der Waals surface area contributed by atoms with Crippen molar-refractivity contribution in [3.05, 3.63) is 92.1 Å². The minimum Gasteiger partial charge on any atom is -0.478 e. The van der Waals surface area contributed by atoms with Crippen LogP contribution in [0.2, 0.25) is 0 Å². The summed E-state index contributed by atoms with van der Waals surface area (Å²) in [4.78, 5) is 38.1. The lowest BCUT2D eigenvalue weighted by Gasteiger charge is -2.12. The van der Waals surface area contributed by atoms with Crippen LogP contribution in [0.15, 0.2) is 64.0 Å². The number of hydrogen-bond acceptors (Lipinski definition) is 4. The molecule has 3 aromatic rings. The Morgan fingerprint density at radius 1 is 1.06 bits per heavy atom. The SMILES string of the molecule is Cc1cc(C=C2SC(=O)N(Cc3ccc(Br)cc3)C2=O)c(C)n1-c1ccc(C(=O)O)cc1. The summed E-state index contributed by atoms with van der Waals surface area (Å²) in [7, 11) is 0. The third-order valence-electron chi connectivity index (χ3n) is 5.26. The van der Waals surface area contributed by atoms with Crippen LogP contribution in [-0.4, -0.2) is 31.7 Å².